The van der Waals surface area contributed by atoms with Crippen molar-refractivity contribution in [1.82, 2.24) is 20.5 Å². The summed E-state index contributed by atoms with van der Waals surface area (Å²) in [6.07, 6.45) is 6.88. The average molecular weight is 374 g/mol. The first kappa shape index (κ1) is 19.6. The Bertz CT molecular complexity index is 645. The summed E-state index contributed by atoms with van der Waals surface area (Å²) in [4.78, 5) is 30.9. The first-order valence-electron chi connectivity index (χ1n) is 9.82. The lowest BCUT2D eigenvalue weighted by molar-refractivity contribution is -0.135. The number of hydrogen-bond donors (Lipinski definition) is 2. The van der Waals surface area contributed by atoms with Crippen molar-refractivity contribution in [2.45, 2.75) is 57.2 Å². The maximum Gasteiger partial charge on any atom is 0.223 e. The zero-order chi connectivity index (χ0) is 19.2. The molecule has 0 aromatic carbocycles. The van der Waals surface area contributed by atoms with Crippen LogP contribution in [0, 0.1) is 5.92 Å². The Morgan fingerprint density at radius 1 is 1.26 bits per heavy atom. The van der Waals surface area contributed by atoms with E-state index >= 15 is 0 Å². The number of methoxy groups -OCH3 is 1. The number of nitrogens with one attached hydrogen (secondary N) is 2. The van der Waals surface area contributed by atoms with Crippen molar-refractivity contribution < 1.29 is 14.3 Å². The van der Waals surface area contributed by atoms with Gasteiger partial charge < -0.3 is 20.3 Å². The third-order valence-electron chi connectivity index (χ3n) is 5.34. The van der Waals surface area contributed by atoms with Crippen molar-refractivity contribution in [1.29, 1.82) is 0 Å². The van der Waals surface area contributed by atoms with Crippen LogP contribution in [0.2, 0.25) is 0 Å². The monoisotopic (exact) mass is 374 g/mol. The highest BCUT2D eigenvalue weighted by Gasteiger charge is 2.30. The van der Waals surface area contributed by atoms with Gasteiger partial charge in [0.05, 0.1) is 7.11 Å². The molecule has 2 N–H and O–H groups in total. The second-order valence-corrected chi connectivity index (χ2v) is 7.68. The Morgan fingerprint density at radius 3 is 2.74 bits per heavy atom. The lowest BCUT2D eigenvalue weighted by atomic mass is 9.96. The largest absolute Gasteiger partial charge is 0.481 e. The van der Waals surface area contributed by atoms with Crippen molar-refractivity contribution in [2.24, 2.45) is 5.92 Å². The quantitative estimate of drug-likeness (QED) is 0.788. The van der Waals surface area contributed by atoms with E-state index in [9.17, 15) is 9.59 Å². The molecular formula is C20H30N4O3. The molecule has 0 bridgehead atoms. The average Bonchev–Trinajstić information content (AvgIpc) is 3.47. The molecule has 1 saturated carbocycles. The maximum absolute atomic E-state index is 12.5. The normalized spacial score (nSPS) is 23.9. The molecule has 3 rings (SSSR count). The zero-order valence-electron chi connectivity index (χ0n) is 16.2. The van der Waals surface area contributed by atoms with E-state index in [0.717, 1.165) is 37.7 Å². The third-order valence-corrected chi connectivity index (χ3v) is 5.34. The lowest BCUT2D eigenvalue weighted by Crippen LogP contribution is -2.42. The standard InChI is InChI=1S/C20H30N4O3/c1-24-13-17(21-11-14-6-9-18(27-2)22-12-14)5-3-4-15(10-19(24)25)20(26)23-16-7-8-16/h6,9,12,15-17,21H,3-5,7-8,10-11,13H2,1-2H3,(H,23,26). The fraction of sp³-hybridized carbons (Fsp3) is 0.650. The van der Waals surface area contributed by atoms with Gasteiger partial charge in [0.15, 0.2) is 0 Å². The van der Waals surface area contributed by atoms with E-state index in [2.05, 4.69) is 15.6 Å². The van der Waals surface area contributed by atoms with Crippen LogP contribution >= 0.6 is 0 Å². The van der Waals surface area contributed by atoms with Crippen molar-refractivity contribution >= 4 is 11.8 Å². The molecule has 1 aromatic heterocycles. The molecule has 27 heavy (non-hydrogen) atoms. The van der Waals surface area contributed by atoms with E-state index in [-0.39, 0.29) is 23.8 Å². The Kier molecular flexibility index (Phi) is 6.66. The molecule has 0 radical (unpaired) electrons. The molecule has 2 heterocycles. The van der Waals surface area contributed by atoms with Crippen LogP contribution in [-0.4, -0.2) is 54.5 Å². The van der Waals surface area contributed by atoms with Gasteiger partial charge in [0.2, 0.25) is 17.7 Å². The number of carbonyl (C=O) groups excluding carboxylic acids is 2. The van der Waals surface area contributed by atoms with Gasteiger partial charge in [0.1, 0.15) is 0 Å². The van der Waals surface area contributed by atoms with E-state index in [1.54, 1.807) is 18.2 Å². The van der Waals surface area contributed by atoms with Crippen LogP contribution in [0.1, 0.15) is 44.1 Å². The summed E-state index contributed by atoms with van der Waals surface area (Å²) in [5.41, 5.74) is 1.08. The van der Waals surface area contributed by atoms with Gasteiger partial charge in [0, 0.05) is 56.8 Å². The molecule has 148 valence electrons. The Labute approximate surface area is 160 Å². The number of pyridine rings is 1. The topological polar surface area (TPSA) is 83.6 Å². The molecule has 1 aromatic rings. The Balaban J connectivity index is 1.54. The predicted octanol–water partition coefficient (Wildman–Crippen LogP) is 1.48. The van der Waals surface area contributed by atoms with Crippen LogP contribution in [-0.2, 0) is 16.1 Å². The highest BCUT2D eigenvalue weighted by Crippen LogP contribution is 2.23. The van der Waals surface area contributed by atoms with Gasteiger partial charge >= 0.3 is 0 Å². The third kappa shape index (κ3) is 5.92. The molecule has 7 heteroatoms. The molecular weight excluding hydrogens is 344 g/mol. The van der Waals surface area contributed by atoms with Crippen LogP contribution in [0.3, 0.4) is 0 Å². The van der Waals surface area contributed by atoms with Crippen LogP contribution in [0.4, 0.5) is 0 Å². The fourth-order valence-electron chi connectivity index (χ4n) is 3.44. The first-order valence-corrected chi connectivity index (χ1v) is 9.82. The number of amides is 2. The molecule has 0 spiro atoms. The van der Waals surface area contributed by atoms with Crippen LogP contribution < -0.4 is 15.4 Å². The van der Waals surface area contributed by atoms with Crippen LogP contribution in [0.15, 0.2) is 18.3 Å². The summed E-state index contributed by atoms with van der Waals surface area (Å²) in [5, 5.41) is 6.59. The molecule has 1 saturated heterocycles. The highest BCUT2D eigenvalue weighted by atomic mass is 16.5. The lowest BCUT2D eigenvalue weighted by Gasteiger charge is -2.24. The number of likely N-dealkylation sites (N-methyl/N-ethyl adjacent to an activating group) is 1. The molecule has 2 fully saturated rings. The zero-order valence-corrected chi connectivity index (χ0v) is 16.2. The number of carbonyl (C=O) groups is 2. The number of hydrogen-bond acceptors (Lipinski definition) is 5. The van der Waals surface area contributed by atoms with Crippen molar-refractivity contribution in [3.8, 4) is 5.88 Å². The van der Waals surface area contributed by atoms with Crippen LogP contribution in [0.25, 0.3) is 0 Å². The van der Waals surface area contributed by atoms with Gasteiger partial charge in [-0.1, -0.05) is 12.5 Å². The van der Waals surface area contributed by atoms with E-state index in [4.69, 9.17) is 4.74 Å². The summed E-state index contributed by atoms with van der Waals surface area (Å²) >= 11 is 0. The minimum absolute atomic E-state index is 0.0470. The number of ether oxygens (including phenoxy) is 1. The molecule has 2 aliphatic rings. The number of rotatable bonds is 6. The molecule has 7 nitrogen and oxygen atoms in total. The summed E-state index contributed by atoms with van der Waals surface area (Å²) in [7, 11) is 3.43. The summed E-state index contributed by atoms with van der Waals surface area (Å²) in [5.74, 6) is 0.493. The van der Waals surface area contributed by atoms with Crippen LogP contribution in [0.5, 0.6) is 5.88 Å². The minimum Gasteiger partial charge on any atom is -0.481 e. The summed E-state index contributed by atoms with van der Waals surface area (Å²) < 4.78 is 5.08. The number of aromatic nitrogens is 1. The summed E-state index contributed by atoms with van der Waals surface area (Å²) in [6, 6.07) is 4.37. The predicted molar refractivity (Wildman–Crippen MR) is 102 cm³/mol. The highest BCUT2D eigenvalue weighted by molar-refractivity contribution is 5.86. The van der Waals surface area contributed by atoms with E-state index in [1.807, 2.05) is 19.2 Å². The van der Waals surface area contributed by atoms with Crippen molar-refractivity contribution in [3.63, 3.8) is 0 Å². The van der Waals surface area contributed by atoms with Gasteiger partial charge in [-0.15, -0.1) is 0 Å². The molecule has 1 aliphatic carbocycles. The fourth-order valence-corrected chi connectivity index (χ4v) is 3.44. The van der Waals surface area contributed by atoms with Crippen molar-refractivity contribution in [2.75, 3.05) is 20.7 Å². The van der Waals surface area contributed by atoms with Gasteiger partial charge in [-0.05, 0) is 31.2 Å². The van der Waals surface area contributed by atoms with E-state index < -0.39 is 0 Å². The summed E-state index contributed by atoms with van der Waals surface area (Å²) in [6.45, 7) is 1.34. The van der Waals surface area contributed by atoms with E-state index in [0.29, 0.717) is 31.4 Å². The second kappa shape index (κ2) is 9.17. The van der Waals surface area contributed by atoms with Gasteiger partial charge in [-0.3, -0.25) is 9.59 Å². The Hall–Kier alpha value is -2.15. The van der Waals surface area contributed by atoms with Gasteiger partial charge in [-0.2, -0.15) is 0 Å². The maximum atomic E-state index is 12.5. The van der Waals surface area contributed by atoms with Gasteiger partial charge in [-0.25, -0.2) is 4.98 Å². The molecule has 1 aliphatic heterocycles. The van der Waals surface area contributed by atoms with Crippen molar-refractivity contribution in [3.05, 3.63) is 23.9 Å². The second-order valence-electron chi connectivity index (χ2n) is 7.68. The Morgan fingerprint density at radius 2 is 2.07 bits per heavy atom. The van der Waals surface area contributed by atoms with E-state index in [1.165, 1.54) is 0 Å². The minimum atomic E-state index is -0.204. The molecule has 2 unspecified atom stereocenters. The molecule has 2 atom stereocenters. The van der Waals surface area contributed by atoms with Gasteiger partial charge in [0.25, 0.3) is 0 Å². The number of nitrogens with zero attached hydrogens (tertiary/aromatic N) is 2. The molecule has 2 amide bonds. The SMILES string of the molecule is COc1ccc(CNC2CCCC(C(=O)NC3CC3)CC(=O)N(C)C2)cn1. The smallest absolute Gasteiger partial charge is 0.223 e. The first-order chi connectivity index (χ1) is 13.0.